The number of nitrogens with one attached hydrogen (secondary N) is 2. The summed E-state index contributed by atoms with van der Waals surface area (Å²) >= 11 is 0. The number of anilines is 4. The first kappa shape index (κ1) is 20.8. The van der Waals surface area contributed by atoms with Gasteiger partial charge < -0.3 is 20.3 Å². The van der Waals surface area contributed by atoms with E-state index in [2.05, 4.69) is 25.5 Å². The Labute approximate surface area is 182 Å². The van der Waals surface area contributed by atoms with Crippen LogP contribution in [-0.2, 0) is 4.74 Å². The minimum atomic E-state index is -0.112. The summed E-state index contributed by atoms with van der Waals surface area (Å²) in [6, 6.07) is 15.4. The average Bonchev–Trinajstić information content (AvgIpc) is 2.77. The highest BCUT2D eigenvalue weighted by molar-refractivity contribution is 6.05. The maximum absolute atomic E-state index is 12.6. The highest BCUT2D eigenvalue weighted by Gasteiger charge is 2.14. The summed E-state index contributed by atoms with van der Waals surface area (Å²) in [6.45, 7) is 8.95. The van der Waals surface area contributed by atoms with E-state index in [-0.39, 0.29) is 5.91 Å². The fourth-order valence-corrected chi connectivity index (χ4v) is 3.51. The second kappa shape index (κ2) is 9.14. The second-order valence-corrected chi connectivity index (χ2v) is 7.77. The topological polar surface area (TPSA) is 79.4 Å². The largest absolute Gasteiger partial charge is 0.378 e. The number of nitrogens with zero attached hydrogens (tertiary/aromatic N) is 3. The fourth-order valence-electron chi connectivity index (χ4n) is 3.51. The molecule has 1 saturated heterocycles. The molecule has 7 heteroatoms. The number of hydrogen-bond acceptors (Lipinski definition) is 6. The number of morpholine rings is 1. The van der Waals surface area contributed by atoms with E-state index in [4.69, 9.17) is 4.74 Å². The van der Waals surface area contributed by atoms with Crippen LogP contribution in [0.1, 0.15) is 27.2 Å². The monoisotopic (exact) mass is 417 g/mol. The predicted octanol–water partition coefficient (Wildman–Crippen LogP) is 4.23. The van der Waals surface area contributed by atoms with Gasteiger partial charge in [-0.1, -0.05) is 17.7 Å². The maximum atomic E-state index is 12.6. The van der Waals surface area contributed by atoms with Crippen LogP contribution in [0.2, 0.25) is 0 Å². The van der Waals surface area contributed by atoms with Crippen LogP contribution >= 0.6 is 0 Å². The number of hydrogen-bond donors (Lipinski definition) is 2. The van der Waals surface area contributed by atoms with Crippen LogP contribution in [-0.4, -0.2) is 42.2 Å². The first-order chi connectivity index (χ1) is 15.0. The van der Waals surface area contributed by atoms with Gasteiger partial charge in [0.25, 0.3) is 5.91 Å². The number of rotatable bonds is 5. The summed E-state index contributed by atoms with van der Waals surface area (Å²) < 4.78 is 5.43. The van der Waals surface area contributed by atoms with Gasteiger partial charge >= 0.3 is 0 Å². The number of carbonyl (C=O) groups is 1. The van der Waals surface area contributed by atoms with Crippen molar-refractivity contribution in [2.24, 2.45) is 0 Å². The zero-order valence-electron chi connectivity index (χ0n) is 18.1. The molecule has 0 bridgehead atoms. The SMILES string of the molecule is Cc1ccc(C)c(C(=O)Nc2ccc(Nc3nc(C)cc(N4CCOCC4)n3)cc2)c1. The Morgan fingerprint density at radius 2 is 1.65 bits per heavy atom. The summed E-state index contributed by atoms with van der Waals surface area (Å²) in [7, 11) is 0. The summed E-state index contributed by atoms with van der Waals surface area (Å²) in [5.41, 5.74) is 5.18. The molecule has 2 heterocycles. The van der Waals surface area contributed by atoms with Crippen LogP contribution in [0.25, 0.3) is 0 Å². The number of ether oxygens (including phenoxy) is 1. The quantitative estimate of drug-likeness (QED) is 0.647. The first-order valence-electron chi connectivity index (χ1n) is 10.4. The molecule has 0 saturated carbocycles. The van der Waals surface area contributed by atoms with E-state index >= 15 is 0 Å². The van der Waals surface area contributed by atoms with Crippen molar-refractivity contribution < 1.29 is 9.53 Å². The third-order valence-corrected chi connectivity index (χ3v) is 5.21. The zero-order chi connectivity index (χ0) is 21.8. The van der Waals surface area contributed by atoms with Gasteiger partial charge in [0.05, 0.1) is 13.2 Å². The zero-order valence-corrected chi connectivity index (χ0v) is 18.1. The van der Waals surface area contributed by atoms with Crippen molar-refractivity contribution in [1.82, 2.24) is 9.97 Å². The van der Waals surface area contributed by atoms with E-state index in [9.17, 15) is 4.79 Å². The Hall–Kier alpha value is -3.45. The number of benzene rings is 2. The van der Waals surface area contributed by atoms with Gasteiger partial charge in [0.2, 0.25) is 5.95 Å². The van der Waals surface area contributed by atoms with E-state index in [0.29, 0.717) is 24.7 Å². The van der Waals surface area contributed by atoms with Crippen molar-refractivity contribution in [1.29, 1.82) is 0 Å². The molecule has 1 aromatic heterocycles. The average molecular weight is 418 g/mol. The third-order valence-electron chi connectivity index (χ3n) is 5.21. The molecule has 0 unspecified atom stereocenters. The van der Waals surface area contributed by atoms with Crippen molar-refractivity contribution in [3.8, 4) is 0 Å². The fraction of sp³-hybridized carbons (Fsp3) is 0.292. The molecule has 1 aliphatic heterocycles. The Kier molecular flexibility index (Phi) is 6.13. The van der Waals surface area contributed by atoms with E-state index in [1.54, 1.807) is 0 Å². The van der Waals surface area contributed by atoms with Gasteiger partial charge in [-0.2, -0.15) is 4.98 Å². The molecule has 4 rings (SSSR count). The Balaban J connectivity index is 1.44. The Morgan fingerprint density at radius 3 is 2.39 bits per heavy atom. The number of aryl methyl sites for hydroxylation is 3. The van der Waals surface area contributed by atoms with Gasteiger partial charge in [-0.25, -0.2) is 4.98 Å². The lowest BCUT2D eigenvalue weighted by Crippen LogP contribution is -2.36. The van der Waals surface area contributed by atoms with Crippen molar-refractivity contribution in [2.75, 3.05) is 41.8 Å². The summed E-state index contributed by atoms with van der Waals surface area (Å²) in [5.74, 6) is 1.34. The van der Waals surface area contributed by atoms with Crippen LogP contribution in [0, 0.1) is 20.8 Å². The molecule has 2 aromatic carbocycles. The normalized spacial score (nSPS) is 13.7. The molecular formula is C24H27N5O2. The molecule has 0 spiro atoms. The lowest BCUT2D eigenvalue weighted by atomic mass is 10.1. The van der Waals surface area contributed by atoms with Crippen molar-refractivity contribution in [2.45, 2.75) is 20.8 Å². The highest BCUT2D eigenvalue weighted by atomic mass is 16.5. The van der Waals surface area contributed by atoms with Crippen LogP contribution < -0.4 is 15.5 Å². The van der Waals surface area contributed by atoms with Gasteiger partial charge in [-0.05, 0) is 56.7 Å². The van der Waals surface area contributed by atoms with Crippen LogP contribution in [0.15, 0.2) is 48.5 Å². The maximum Gasteiger partial charge on any atom is 0.255 e. The van der Waals surface area contributed by atoms with E-state index in [1.165, 1.54) is 0 Å². The molecule has 31 heavy (non-hydrogen) atoms. The van der Waals surface area contributed by atoms with Crippen molar-refractivity contribution in [3.05, 3.63) is 70.9 Å². The van der Waals surface area contributed by atoms with E-state index < -0.39 is 0 Å². The molecule has 0 aliphatic carbocycles. The molecule has 1 aliphatic rings. The highest BCUT2D eigenvalue weighted by Crippen LogP contribution is 2.21. The van der Waals surface area contributed by atoms with Gasteiger partial charge in [0.15, 0.2) is 0 Å². The van der Waals surface area contributed by atoms with Crippen molar-refractivity contribution in [3.63, 3.8) is 0 Å². The molecule has 160 valence electrons. The summed E-state index contributed by atoms with van der Waals surface area (Å²) in [5, 5.41) is 6.22. The lowest BCUT2D eigenvalue weighted by Gasteiger charge is -2.28. The predicted molar refractivity (Wildman–Crippen MR) is 123 cm³/mol. The minimum absolute atomic E-state index is 0.112. The molecule has 0 atom stereocenters. The molecule has 1 amide bonds. The first-order valence-corrected chi connectivity index (χ1v) is 10.4. The van der Waals surface area contributed by atoms with Gasteiger partial charge in [-0.15, -0.1) is 0 Å². The number of carbonyl (C=O) groups excluding carboxylic acids is 1. The summed E-state index contributed by atoms with van der Waals surface area (Å²) in [4.78, 5) is 24.0. The van der Waals surface area contributed by atoms with Crippen LogP contribution in [0.3, 0.4) is 0 Å². The minimum Gasteiger partial charge on any atom is -0.378 e. The van der Waals surface area contributed by atoms with Gasteiger partial charge in [0.1, 0.15) is 5.82 Å². The standard InChI is InChI=1S/C24H27N5O2/c1-16-4-5-17(2)21(14-16)23(30)26-19-6-8-20(9-7-19)27-24-25-18(3)15-22(28-24)29-10-12-31-13-11-29/h4-9,14-15H,10-13H2,1-3H3,(H,26,30)(H,25,27,28). The molecule has 2 N–H and O–H groups in total. The second-order valence-electron chi connectivity index (χ2n) is 7.77. The number of aromatic nitrogens is 2. The van der Waals surface area contributed by atoms with Gasteiger partial charge in [-0.3, -0.25) is 4.79 Å². The van der Waals surface area contributed by atoms with E-state index in [0.717, 1.165) is 47.1 Å². The molecular weight excluding hydrogens is 390 g/mol. The molecule has 1 fully saturated rings. The van der Waals surface area contributed by atoms with Crippen molar-refractivity contribution >= 4 is 29.0 Å². The third kappa shape index (κ3) is 5.19. The van der Waals surface area contributed by atoms with Gasteiger partial charge in [0, 0.05) is 41.8 Å². The molecule has 3 aromatic rings. The van der Waals surface area contributed by atoms with Crippen LogP contribution in [0.4, 0.5) is 23.1 Å². The lowest BCUT2D eigenvalue weighted by molar-refractivity contribution is 0.102. The Morgan fingerprint density at radius 1 is 0.935 bits per heavy atom. The van der Waals surface area contributed by atoms with E-state index in [1.807, 2.05) is 69.3 Å². The Bertz CT molecular complexity index is 1080. The molecule has 0 radical (unpaired) electrons. The smallest absolute Gasteiger partial charge is 0.255 e. The molecule has 7 nitrogen and oxygen atoms in total. The van der Waals surface area contributed by atoms with Crippen LogP contribution in [0.5, 0.6) is 0 Å². The summed E-state index contributed by atoms with van der Waals surface area (Å²) in [6.07, 6.45) is 0. The number of amides is 1.